The number of nitrogens with one attached hydrogen (secondary N) is 2. The largest absolute Gasteiger partial charge is 0.354 e. The van der Waals surface area contributed by atoms with Crippen molar-refractivity contribution in [3.63, 3.8) is 0 Å². The molecule has 5 amide bonds. The molecule has 3 aromatic rings. The van der Waals surface area contributed by atoms with Gasteiger partial charge >= 0.3 is 0 Å². The molecule has 0 unspecified atom stereocenters. The molecule has 4 aliphatic rings. The first kappa shape index (κ1) is 24.3. The van der Waals surface area contributed by atoms with Gasteiger partial charge in [-0.15, -0.1) is 0 Å². The molecule has 11 nitrogen and oxygen atoms in total. The highest BCUT2D eigenvalue weighted by molar-refractivity contribution is 6.25. The summed E-state index contributed by atoms with van der Waals surface area (Å²) in [5.74, 6) is -2.22. The van der Waals surface area contributed by atoms with Crippen LogP contribution in [-0.4, -0.2) is 57.3 Å². The molecule has 3 aliphatic heterocycles. The molecule has 1 aliphatic carbocycles. The van der Waals surface area contributed by atoms with Crippen LogP contribution in [0.3, 0.4) is 0 Å². The molecule has 2 fully saturated rings. The molecule has 1 aromatic heterocycles. The van der Waals surface area contributed by atoms with Gasteiger partial charge in [-0.3, -0.25) is 38.9 Å². The van der Waals surface area contributed by atoms with E-state index in [9.17, 15) is 24.0 Å². The molecule has 40 heavy (non-hydrogen) atoms. The molecular weight excluding hydrogens is 512 g/mol. The third kappa shape index (κ3) is 3.80. The van der Waals surface area contributed by atoms with Crippen molar-refractivity contribution < 1.29 is 24.0 Å². The highest BCUT2D eigenvalue weighted by Crippen LogP contribution is 2.42. The maximum atomic E-state index is 13.6. The van der Waals surface area contributed by atoms with Crippen LogP contribution in [0.4, 0.5) is 17.1 Å². The lowest BCUT2D eigenvalue weighted by atomic mass is 9.95. The van der Waals surface area contributed by atoms with Crippen LogP contribution >= 0.6 is 0 Å². The molecule has 11 heteroatoms. The van der Waals surface area contributed by atoms with E-state index >= 15 is 0 Å². The van der Waals surface area contributed by atoms with E-state index in [1.807, 2.05) is 23.1 Å². The zero-order valence-electron chi connectivity index (χ0n) is 21.8. The summed E-state index contributed by atoms with van der Waals surface area (Å²) in [6.07, 6.45) is 7.20. The number of imide groups is 2. The molecule has 1 saturated carbocycles. The number of aromatic nitrogens is 2. The van der Waals surface area contributed by atoms with Crippen LogP contribution in [0.25, 0.3) is 11.1 Å². The lowest BCUT2D eigenvalue weighted by molar-refractivity contribution is -0.136. The van der Waals surface area contributed by atoms with E-state index in [1.54, 1.807) is 30.1 Å². The van der Waals surface area contributed by atoms with E-state index in [1.165, 1.54) is 0 Å². The number of benzene rings is 2. The number of anilines is 3. The number of fused-ring (bicyclic) bond motifs is 2. The van der Waals surface area contributed by atoms with Crippen molar-refractivity contribution in [2.24, 2.45) is 0 Å². The number of hydrogen-bond donors (Lipinski definition) is 2. The van der Waals surface area contributed by atoms with Gasteiger partial charge in [0.15, 0.2) is 0 Å². The molecule has 2 N–H and O–H groups in total. The van der Waals surface area contributed by atoms with Crippen LogP contribution in [0.5, 0.6) is 0 Å². The third-order valence-corrected chi connectivity index (χ3v) is 8.13. The molecule has 0 spiro atoms. The van der Waals surface area contributed by atoms with Gasteiger partial charge in [-0.1, -0.05) is 6.07 Å². The first-order valence-corrected chi connectivity index (χ1v) is 13.4. The highest BCUT2D eigenvalue weighted by atomic mass is 16.2. The Morgan fingerprint density at radius 3 is 2.52 bits per heavy atom. The second kappa shape index (κ2) is 8.87. The van der Waals surface area contributed by atoms with Gasteiger partial charge in [0.2, 0.25) is 17.7 Å². The Morgan fingerprint density at radius 1 is 0.925 bits per heavy atom. The fourth-order valence-corrected chi connectivity index (χ4v) is 5.81. The van der Waals surface area contributed by atoms with Crippen molar-refractivity contribution in [1.29, 1.82) is 0 Å². The number of carbonyl (C=O) groups is 5. The lowest BCUT2D eigenvalue weighted by Crippen LogP contribution is -2.54. The number of carbonyl (C=O) groups excluding carboxylic acids is 5. The molecule has 1 saturated heterocycles. The Balaban J connectivity index is 1.30. The van der Waals surface area contributed by atoms with Gasteiger partial charge in [0, 0.05) is 48.6 Å². The lowest BCUT2D eigenvalue weighted by Gasteiger charge is -2.28. The zero-order valence-corrected chi connectivity index (χ0v) is 21.8. The summed E-state index contributed by atoms with van der Waals surface area (Å²) < 4.78 is 1.97. The third-order valence-electron chi connectivity index (χ3n) is 8.13. The summed E-state index contributed by atoms with van der Waals surface area (Å²) in [4.78, 5) is 66.2. The molecule has 7 rings (SSSR count). The SMILES string of the molecule is CN1C(=O)CCc2cc(-c3cnn(C4CC4)c3)c(Nc3cccc4c3C(=O)N([C@H]3CCC(=O)NC3=O)C4=O)cc21. The van der Waals surface area contributed by atoms with E-state index in [0.29, 0.717) is 30.3 Å². The maximum Gasteiger partial charge on any atom is 0.264 e. The van der Waals surface area contributed by atoms with Crippen LogP contribution in [0.15, 0.2) is 42.7 Å². The second-order valence-corrected chi connectivity index (χ2v) is 10.7. The number of piperidine rings is 1. The summed E-state index contributed by atoms with van der Waals surface area (Å²) in [6.45, 7) is 0. The van der Waals surface area contributed by atoms with Crippen molar-refractivity contribution in [2.75, 3.05) is 17.3 Å². The normalized spacial score (nSPS) is 20.5. The van der Waals surface area contributed by atoms with Crippen LogP contribution in [0.2, 0.25) is 0 Å². The minimum Gasteiger partial charge on any atom is -0.354 e. The Labute approximate surface area is 229 Å². The molecule has 0 bridgehead atoms. The van der Waals surface area contributed by atoms with Crippen LogP contribution in [0, 0.1) is 0 Å². The molecule has 0 radical (unpaired) electrons. The van der Waals surface area contributed by atoms with Crippen molar-refractivity contribution >= 4 is 46.6 Å². The quantitative estimate of drug-likeness (QED) is 0.477. The predicted octanol–water partition coefficient (Wildman–Crippen LogP) is 2.94. The van der Waals surface area contributed by atoms with E-state index in [4.69, 9.17) is 0 Å². The average Bonchev–Trinajstić information content (AvgIpc) is 3.61. The predicted molar refractivity (Wildman–Crippen MR) is 144 cm³/mol. The average molecular weight is 539 g/mol. The van der Waals surface area contributed by atoms with Gasteiger partial charge in [0.25, 0.3) is 11.8 Å². The van der Waals surface area contributed by atoms with E-state index in [0.717, 1.165) is 40.1 Å². The Bertz CT molecular complexity index is 1650. The number of nitrogens with zero attached hydrogens (tertiary/aromatic N) is 4. The minimum atomic E-state index is -1.05. The van der Waals surface area contributed by atoms with Crippen molar-refractivity contribution in [3.8, 4) is 11.1 Å². The van der Waals surface area contributed by atoms with Gasteiger partial charge < -0.3 is 10.2 Å². The highest BCUT2D eigenvalue weighted by Gasteiger charge is 2.45. The van der Waals surface area contributed by atoms with Crippen molar-refractivity contribution in [2.45, 2.75) is 50.6 Å². The first-order chi connectivity index (χ1) is 19.3. The monoisotopic (exact) mass is 538 g/mol. The second-order valence-electron chi connectivity index (χ2n) is 10.7. The topological polar surface area (TPSA) is 134 Å². The molecule has 4 heterocycles. The van der Waals surface area contributed by atoms with Crippen LogP contribution in [0.1, 0.15) is 64.4 Å². The van der Waals surface area contributed by atoms with Gasteiger partial charge in [-0.2, -0.15) is 5.10 Å². The van der Waals surface area contributed by atoms with Crippen molar-refractivity contribution in [1.82, 2.24) is 20.0 Å². The zero-order chi connectivity index (χ0) is 27.7. The van der Waals surface area contributed by atoms with E-state index < -0.39 is 29.7 Å². The summed E-state index contributed by atoms with van der Waals surface area (Å²) in [5.41, 5.74) is 5.00. The van der Waals surface area contributed by atoms with Gasteiger partial charge in [-0.25, -0.2) is 0 Å². The standard InChI is InChI=1S/C29H26N6O5/c1-33-23-12-21(19(11-15(23)5-10-25(33)37)16-13-30-34(14-16)17-6-7-17)31-20-4-2-3-18-26(20)29(40)35(28(18)39)22-8-9-24(36)32-27(22)38/h2-4,11-14,17,22,31H,5-10H2,1H3,(H,32,36,38)/t22-/m0/s1. The Morgan fingerprint density at radius 2 is 1.75 bits per heavy atom. The minimum absolute atomic E-state index is 0.0222. The van der Waals surface area contributed by atoms with E-state index in [2.05, 4.69) is 21.8 Å². The van der Waals surface area contributed by atoms with Gasteiger partial charge in [-0.05, 0) is 55.5 Å². The summed E-state index contributed by atoms with van der Waals surface area (Å²) in [7, 11) is 1.75. The summed E-state index contributed by atoms with van der Waals surface area (Å²) >= 11 is 0. The summed E-state index contributed by atoms with van der Waals surface area (Å²) in [6, 6.07) is 8.27. The fourth-order valence-electron chi connectivity index (χ4n) is 5.81. The fraction of sp³-hybridized carbons (Fsp3) is 0.310. The van der Waals surface area contributed by atoms with Crippen LogP contribution in [-0.2, 0) is 20.8 Å². The van der Waals surface area contributed by atoms with Gasteiger partial charge in [0.05, 0.1) is 29.1 Å². The molecule has 202 valence electrons. The number of hydrogen-bond acceptors (Lipinski definition) is 7. The van der Waals surface area contributed by atoms with E-state index in [-0.39, 0.29) is 29.9 Å². The summed E-state index contributed by atoms with van der Waals surface area (Å²) in [5, 5.41) is 10.2. The van der Waals surface area contributed by atoms with Crippen molar-refractivity contribution in [3.05, 3.63) is 59.4 Å². The molecule has 1 atom stereocenters. The molecular formula is C29H26N6O5. The Kier molecular flexibility index (Phi) is 5.38. The number of aryl methyl sites for hydroxylation is 1. The maximum absolute atomic E-state index is 13.6. The Hall–Kier alpha value is -4.80. The van der Waals surface area contributed by atoms with Crippen LogP contribution < -0.4 is 15.5 Å². The molecule has 2 aromatic carbocycles. The number of amides is 5. The smallest absolute Gasteiger partial charge is 0.264 e. The van der Waals surface area contributed by atoms with Gasteiger partial charge in [0.1, 0.15) is 6.04 Å². The first-order valence-electron chi connectivity index (χ1n) is 13.4. The number of rotatable bonds is 5.